The molecule has 7 heteroatoms. The number of H-pyrrole nitrogens is 1. The minimum atomic E-state index is 0.692. The molecule has 3 N–H and O–H groups in total. The second-order valence-corrected chi connectivity index (χ2v) is 6.45. The predicted octanol–water partition coefficient (Wildman–Crippen LogP) is 3.67. The lowest BCUT2D eigenvalue weighted by Crippen LogP contribution is -2.01. The average Bonchev–Trinajstić information content (AvgIpc) is 3.43. The molecule has 0 amide bonds. The van der Waals surface area contributed by atoms with Crippen LogP contribution < -0.4 is 15.2 Å². The van der Waals surface area contributed by atoms with E-state index in [9.17, 15) is 0 Å². The summed E-state index contributed by atoms with van der Waals surface area (Å²) in [4.78, 5) is 16.0. The standard InChI is InChI=1S/C20H21N5O2/c1-26-19-8-14(4-7-18(19)27-10-13-2-3-13)20-24-16-6-5-15(9-17(16)25-20)23-12-22-11-21/h4-9,11-13H,2-3,10H2,1H3,(H,24,25)(H2,21,22,23). The van der Waals surface area contributed by atoms with E-state index in [2.05, 4.69) is 20.0 Å². The minimum Gasteiger partial charge on any atom is -0.493 e. The average molecular weight is 363 g/mol. The number of benzene rings is 2. The topological polar surface area (TPSA) is 97.9 Å². The Bertz CT molecular complexity index is 1000. The van der Waals surface area contributed by atoms with E-state index in [1.807, 2.05) is 36.4 Å². The molecule has 0 atom stereocenters. The number of fused-ring (bicyclic) bond motifs is 1. The molecule has 0 spiro atoms. The molecule has 1 aromatic heterocycles. The van der Waals surface area contributed by atoms with E-state index in [1.54, 1.807) is 7.11 Å². The number of aromatic nitrogens is 2. The van der Waals surface area contributed by atoms with Crippen molar-refractivity contribution in [1.29, 1.82) is 0 Å². The number of imidazole rings is 1. The van der Waals surface area contributed by atoms with Crippen LogP contribution in [-0.4, -0.2) is 36.4 Å². The molecule has 1 aliphatic carbocycles. The molecule has 0 bridgehead atoms. The number of nitrogens with zero attached hydrogens (tertiary/aromatic N) is 3. The number of hydrogen-bond donors (Lipinski definition) is 2. The fourth-order valence-corrected chi connectivity index (χ4v) is 2.78. The van der Waals surface area contributed by atoms with Gasteiger partial charge in [-0.2, -0.15) is 0 Å². The molecule has 7 nitrogen and oxygen atoms in total. The third-order valence-corrected chi connectivity index (χ3v) is 4.43. The van der Waals surface area contributed by atoms with Gasteiger partial charge in [0.25, 0.3) is 0 Å². The zero-order valence-corrected chi connectivity index (χ0v) is 15.1. The Morgan fingerprint density at radius 3 is 2.89 bits per heavy atom. The first kappa shape index (κ1) is 17.1. The molecule has 1 fully saturated rings. The summed E-state index contributed by atoms with van der Waals surface area (Å²) in [5.41, 5.74) is 8.66. The van der Waals surface area contributed by atoms with E-state index in [1.165, 1.54) is 25.5 Å². The number of aliphatic imine (C=N–C) groups is 2. The van der Waals surface area contributed by atoms with Gasteiger partial charge < -0.3 is 20.2 Å². The van der Waals surface area contributed by atoms with Crippen LogP contribution in [0.3, 0.4) is 0 Å². The zero-order valence-electron chi connectivity index (χ0n) is 15.1. The fourth-order valence-electron chi connectivity index (χ4n) is 2.78. The van der Waals surface area contributed by atoms with Crippen molar-refractivity contribution in [3.63, 3.8) is 0 Å². The van der Waals surface area contributed by atoms with Gasteiger partial charge in [0.2, 0.25) is 0 Å². The SMILES string of the molecule is COc1cc(-c2nc3ccc(N=CN=CN)cc3[nH]2)ccc1OCC1CC1. The van der Waals surface area contributed by atoms with Crippen molar-refractivity contribution in [2.75, 3.05) is 13.7 Å². The number of nitrogens with two attached hydrogens (primary N) is 1. The molecule has 138 valence electrons. The lowest BCUT2D eigenvalue weighted by Gasteiger charge is -2.11. The molecular weight excluding hydrogens is 342 g/mol. The van der Waals surface area contributed by atoms with Crippen LogP contribution in [0.15, 0.2) is 46.4 Å². The summed E-state index contributed by atoms with van der Waals surface area (Å²) in [7, 11) is 1.65. The maximum absolute atomic E-state index is 5.87. The Morgan fingerprint density at radius 1 is 1.22 bits per heavy atom. The summed E-state index contributed by atoms with van der Waals surface area (Å²) in [5.74, 6) is 2.93. The number of hydrogen-bond acceptors (Lipinski definition) is 4. The summed E-state index contributed by atoms with van der Waals surface area (Å²) in [5, 5.41) is 0. The third-order valence-electron chi connectivity index (χ3n) is 4.43. The number of nitrogens with one attached hydrogen (secondary N) is 1. The third kappa shape index (κ3) is 3.92. The van der Waals surface area contributed by atoms with Gasteiger partial charge in [0.1, 0.15) is 12.2 Å². The van der Waals surface area contributed by atoms with Crippen molar-refractivity contribution in [3.8, 4) is 22.9 Å². The van der Waals surface area contributed by atoms with E-state index < -0.39 is 0 Å². The Balaban J connectivity index is 1.60. The second kappa shape index (κ2) is 7.49. The molecule has 4 rings (SSSR count). The van der Waals surface area contributed by atoms with Crippen molar-refractivity contribution in [3.05, 3.63) is 36.4 Å². The first-order chi connectivity index (χ1) is 13.3. The Labute approximate surface area is 157 Å². The summed E-state index contributed by atoms with van der Waals surface area (Å²) >= 11 is 0. The van der Waals surface area contributed by atoms with Crippen molar-refractivity contribution in [2.24, 2.45) is 21.6 Å². The van der Waals surface area contributed by atoms with Crippen LogP contribution >= 0.6 is 0 Å². The number of ether oxygens (including phenoxy) is 2. The summed E-state index contributed by atoms with van der Waals surface area (Å²) in [6.45, 7) is 0.748. The van der Waals surface area contributed by atoms with Crippen LogP contribution in [0.5, 0.6) is 11.5 Å². The Kier molecular flexibility index (Phi) is 4.74. The van der Waals surface area contributed by atoms with Crippen molar-refractivity contribution >= 4 is 29.4 Å². The largest absolute Gasteiger partial charge is 0.493 e. The Morgan fingerprint density at radius 2 is 2.11 bits per heavy atom. The molecule has 0 saturated heterocycles. The molecule has 2 aromatic carbocycles. The predicted molar refractivity (Wildman–Crippen MR) is 107 cm³/mol. The first-order valence-electron chi connectivity index (χ1n) is 8.83. The maximum atomic E-state index is 5.87. The highest BCUT2D eigenvalue weighted by molar-refractivity contribution is 5.83. The quantitative estimate of drug-likeness (QED) is 0.494. The van der Waals surface area contributed by atoms with E-state index >= 15 is 0 Å². The van der Waals surface area contributed by atoms with Crippen LogP contribution in [-0.2, 0) is 0 Å². The molecule has 0 aliphatic heterocycles. The van der Waals surface area contributed by atoms with Gasteiger partial charge in [-0.05, 0) is 55.2 Å². The molecule has 1 heterocycles. The lowest BCUT2D eigenvalue weighted by molar-refractivity contribution is 0.280. The van der Waals surface area contributed by atoms with Crippen LogP contribution in [0.25, 0.3) is 22.4 Å². The summed E-state index contributed by atoms with van der Waals surface area (Å²) in [6.07, 6.45) is 5.11. The molecule has 1 aliphatic rings. The monoisotopic (exact) mass is 363 g/mol. The number of aromatic amines is 1. The fraction of sp³-hybridized carbons (Fsp3) is 0.250. The highest BCUT2D eigenvalue weighted by Crippen LogP contribution is 2.35. The smallest absolute Gasteiger partial charge is 0.161 e. The number of methoxy groups -OCH3 is 1. The molecule has 0 radical (unpaired) electrons. The van der Waals surface area contributed by atoms with E-state index in [-0.39, 0.29) is 0 Å². The van der Waals surface area contributed by atoms with Gasteiger partial charge in [-0.1, -0.05) is 0 Å². The Hall–Kier alpha value is -3.35. The molecule has 0 unspecified atom stereocenters. The zero-order chi connectivity index (χ0) is 18.6. The van der Waals surface area contributed by atoms with Gasteiger partial charge in [0.15, 0.2) is 11.5 Å². The van der Waals surface area contributed by atoms with E-state index in [4.69, 9.17) is 15.2 Å². The first-order valence-corrected chi connectivity index (χ1v) is 8.83. The minimum absolute atomic E-state index is 0.692. The highest BCUT2D eigenvalue weighted by atomic mass is 16.5. The molecule has 27 heavy (non-hydrogen) atoms. The summed E-state index contributed by atoms with van der Waals surface area (Å²) in [6, 6.07) is 11.6. The number of rotatable bonds is 7. The lowest BCUT2D eigenvalue weighted by atomic mass is 10.2. The van der Waals surface area contributed by atoms with Crippen molar-refractivity contribution in [2.45, 2.75) is 12.8 Å². The van der Waals surface area contributed by atoms with Gasteiger partial charge in [0, 0.05) is 5.56 Å². The van der Waals surface area contributed by atoms with E-state index in [0.717, 1.165) is 40.5 Å². The maximum Gasteiger partial charge on any atom is 0.161 e. The van der Waals surface area contributed by atoms with Crippen molar-refractivity contribution in [1.82, 2.24) is 9.97 Å². The van der Waals surface area contributed by atoms with Gasteiger partial charge in [-0.15, -0.1) is 0 Å². The molecule has 1 saturated carbocycles. The van der Waals surface area contributed by atoms with Gasteiger partial charge >= 0.3 is 0 Å². The van der Waals surface area contributed by atoms with Gasteiger partial charge in [-0.25, -0.2) is 15.0 Å². The second-order valence-electron chi connectivity index (χ2n) is 6.45. The normalized spacial score (nSPS) is 14.4. The molecule has 3 aromatic rings. The molecular formula is C20H21N5O2. The highest BCUT2D eigenvalue weighted by Gasteiger charge is 2.22. The van der Waals surface area contributed by atoms with Gasteiger partial charge in [0.05, 0.1) is 36.8 Å². The van der Waals surface area contributed by atoms with E-state index in [0.29, 0.717) is 11.7 Å². The van der Waals surface area contributed by atoms with Crippen molar-refractivity contribution < 1.29 is 9.47 Å². The van der Waals surface area contributed by atoms with Crippen LogP contribution in [0.4, 0.5) is 5.69 Å². The van der Waals surface area contributed by atoms with Gasteiger partial charge in [-0.3, -0.25) is 0 Å². The van der Waals surface area contributed by atoms with Crippen LogP contribution in [0.1, 0.15) is 12.8 Å². The summed E-state index contributed by atoms with van der Waals surface area (Å²) < 4.78 is 11.4. The van der Waals surface area contributed by atoms with Crippen LogP contribution in [0.2, 0.25) is 0 Å². The van der Waals surface area contributed by atoms with Crippen LogP contribution in [0, 0.1) is 5.92 Å².